The highest BCUT2D eigenvalue weighted by Crippen LogP contribution is 2.23. The lowest BCUT2D eigenvalue weighted by atomic mass is 10.1. The van der Waals surface area contributed by atoms with Crippen LogP contribution in [0.3, 0.4) is 0 Å². The van der Waals surface area contributed by atoms with Gasteiger partial charge in [-0.1, -0.05) is 0 Å². The number of rotatable bonds is 3. The first-order valence-electron chi connectivity index (χ1n) is 8.49. The van der Waals surface area contributed by atoms with Crippen molar-refractivity contribution in [1.82, 2.24) is 4.90 Å². The van der Waals surface area contributed by atoms with E-state index >= 15 is 0 Å². The van der Waals surface area contributed by atoms with Gasteiger partial charge in [0.1, 0.15) is 11.9 Å². The number of carbonyl (C=O) groups is 1. The molecule has 6 heteroatoms. The van der Waals surface area contributed by atoms with Gasteiger partial charge in [0.05, 0.1) is 31.5 Å². The summed E-state index contributed by atoms with van der Waals surface area (Å²) < 4.78 is 17.0. The number of anilines is 1. The molecule has 6 nitrogen and oxygen atoms in total. The summed E-state index contributed by atoms with van der Waals surface area (Å²) in [4.78, 5) is 14.3. The molecule has 2 heterocycles. The summed E-state index contributed by atoms with van der Waals surface area (Å²) >= 11 is 0. The number of hydrogen-bond donors (Lipinski definition) is 1. The molecule has 2 fully saturated rings. The molecule has 24 heavy (non-hydrogen) atoms. The van der Waals surface area contributed by atoms with E-state index in [1.54, 1.807) is 4.90 Å². The Hall–Kier alpha value is -1.79. The quantitative estimate of drug-likeness (QED) is 0.923. The number of benzene rings is 1. The van der Waals surface area contributed by atoms with Crippen molar-refractivity contribution in [1.29, 1.82) is 0 Å². The summed E-state index contributed by atoms with van der Waals surface area (Å²) in [5, 5.41) is 2.94. The molecule has 2 amide bonds. The monoisotopic (exact) mass is 334 g/mol. The zero-order valence-electron chi connectivity index (χ0n) is 14.6. The van der Waals surface area contributed by atoms with E-state index in [1.165, 1.54) is 0 Å². The average Bonchev–Trinajstić information content (AvgIpc) is 3.00. The van der Waals surface area contributed by atoms with Gasteiger partial charge in [-0.25, -0.2) is 4.79 Å². The Balaban J connectivity index is 1.56. The maximum absolute atomic E-state index is 12.5. The minimum Gasteiger partial charge on any atom is -0.488 e. The van der Waals surface area contributed by atoms with Gasteiger partial charge in [0.25, 0.3) is 0 Å². The fraction of sp³-hybridized carbons (Fsp3) is 0.611. The second kappa shape index (κ2) is 6.99. The molecule has 2 saturated heterocycles. The number of carbonyl (C=O) groups excluding carboxylic acids is 1. The third-order valence-electron chi connectivity index (χ3n) is 4.15. The van der Waals surface area contributed by atoms with Crippen LogP contribution in [0.25, 0.3) is 0 Å². The summed E-state index contributed by atoms with van der Waals surface area (Å²) in [6.45, 7) is 8.56. The Morgan fingerprint density at radius 3 is 2.71 bits per heavy atom. The van der Waals surface area contributed by atoms with E-state index in [2.05, 4.69) is 5.32 Å². The Kier molecular flexibility index (Phi) is 4.96. The summed E-state index contributed by atoms with van der Waals surface area (Å²) in [6.07, 6.45) is 1.08. The first-order valence-corrected chi connectivity index (χ1v) is 8.49. The zero-order chi connectivity index (χ0) is 17.2. The number of nitrogens with one attached hydrogen (secondary N) is 1. The third-order valence-corrected chi connectivity index (χ3v) is 4.15. The average molecular weight is 334 g/mol. The Bertz CT molecular complexity index is 567. The Morgan fingerprint density at radius 1 is 1.33 bits per heavy atom. The van der Waals surface area contributed by atoms with E-state index in [-0.39, 0.29) is 23.8 Å². The van der Waals surface area contributed by atoms with Crippen LogP contribution in [0, 0.1) is 0 Å². The minimum absolute atomic E-state index is 0.0314. The van der Waals surface area contributed by atoms with Crippen molar-refractivity contribution in [3.05, 3.63) is 24.3 Å². The van der Waals surface area contributed by atoms with Crippen LogP contribution in [0.5, 0.6) is 5.75 Å². The molecule has 0 bridgehead atoms. The van der Waals surface area contributed by atoms with Gasteiger partial charge in [0, 0.05) is 18.7 Å². The van der Waals surface area contributed by atoms with Gasteiger partial charge in [-0.3, -0.25) is 0 Å². The number of ether oxygens (including phenoxy) is 3. The molecule has 2 aliphatic rings. The molecule has 1 aromatic carbocycles. The van der Waals surface area contributed by atoms with Crippen LogP contribution in [-0.4, -0.2) is 55.0 Å². The molecule has 3 rings (SSSR count). The highest BCUT2D eigenvalue weighted by Gasteiger charge is 2.33. The predicted octanol–water partition coefficient (Wildman–Crippen LogP) is 2.89. The zero-order valence-corrected chi connectivity index (χ0v) is 14.6. The van der Waals surface area contributed by atoms with Gasteiger partial charge in [-0.15, -0.1) is 0 Å². The number of hydrogen-bond acceptors (Lipinski definition) is 4. The van der Waals surface area contributed by atoms with Gasteiger partial charge in [-0.05, 0) is 45.0 Å². The molecule has 0 saturated carbocycles. The topological polar surface area (TPSA) is 60.0 Å². The maximum atomic E-state index is 12.5. The van der Waals surface area contributed by atoms with E-state index in [0.717, 1.165) is 24.5 Å². The van der Waals surface area contributed by atoms with Crippen LogP contribution in [0.1, 0.15) is 27.2 Å². The maximum Gasteiger partial charge on any atom is 0.322 e. The number of morpholine rings is 1. The molecule has 0 spiro atoms. The van der Waals surface area contributed by atoms with Crippen molar-refractivity contribution in [3.8, 4) is 5.75 Å². The molecule has 0 aliphatic carbocycles. The van der Waals surface area contributed by atoms with E-state index in [4.69, 9.17) is 14.2 Å². The highest BCUT2D eigenvalue weighted by molar-refractivity contribution is 5.89. The highest BCUT2D eigenvalue weighted by atomic mass is 16.5. The molecule has 1 aromatic rings. The molecule has 2 atom stereocenters. The lowest BCUT2D eigenvalue weighted by Gasteiger charge is -2.41. The smallest absolute Gasteiger partial charge is 0.322 e. The number of nitrogens with zero attached hydrogens (tertiary/aromatic N) is 1. The molecule has 2 aliphatic heterocycles. The van der Waals surface area contributed by atoms with Crippen molar-refractivity contribution in [2.24, 2.45) is 0 Å². The van der Waals surface area contributed by atoms with Crippen molar-refractivity contribution in [2.45, 2.75) is 45.0 Å². The van der Waals surface area contributed by atoms with E-state index in [0.29, 0.717) is 19.7 Å². The SMILES string of the molecule is C[C@H]1CN(C(=O)Nc2ccc(O[C@@H]3CCOC3)cc2)CC(C)(C)O1. The largest absolute Gasteiger partial charge is 0.488 e. The van der Waals surface area contributed by atoms with Gasteiger partial charge < -0.3 is 24.4 Å². The lowest BCUT2D eigenvalue weighted by Crippen LogP contribution is -2.54. The van der Waals surface area contributed by atoms with E-state index < -0.39 is 0 Å². The molecule has 0 radical (unpaired) electrons. The Morgan fingerprint density at radius 2 is 2.08 bits per heavy atom. The molecule has 1 N–H and O–H groups in total. The Labute approximate surface area is 143 Å². The van der Waals surface area contributed by atoms with Crippen LogP contribution in [0.15, 0.2) is 24.3 Å². The van der Waals surface area contributed by atoms with E-state index in [1.807, 2.05) is 45.0 Å². The minimum atomic E-state index is -0.323. The van der Waals surface area contributed by atoms with Crippen LogP contribution in [-0.2, 0) is 9.47 Å². The fourth-order valence-electron chi connectivity index (χ4n) is 3.23. The molecular weight excluding hydrogens is 308 g/mol. The van der Waals surface area contributed by atoms with E-state index in [9.17, 15) is 4.79 Å². The number of amides is 2. The second-order valence-electron chi connectivity index (χ2n) is 7.13. The first kappa shape index (κ1) is 17.0. The third kappa shape index (κ3) is 4.39. The lowest BCUT2D eigenvalue weighted by molar-refractivity contribution is -0.116. The summed E-state index contributed by atoms with van der Waals surface area (Å²) in [7, 11) is 0. The molecular formula is C18H26N2O4. The van der Waals surface area contributed by atoms with Crippen molar-refractivity contribution < 1.29 is 19.0 Å². The van der Waals surface area contributed by atoms with Crippen molar-refractivity contribution >= 4 is 11.7 Å². The fourth-order valence-corrected chi connectivity index (χ4v) is 3.23. The van der Waals surface area contributed by atoms with Gasteiger partial charge in [0.2, 0.25) is 0 Å². The van der Waals surface area contributed by atoms with Gasteiger partial charge in [0.15, 0.2) is 0 Å². The standard InChI is InChI=1S/C18H26N2O4/c1-13-10-20(12-18(2,3)24-13)17(21)19-14-4-6-15(7-5-14)23-16-8-9-22-11-16/h4-7,13,16H,8-12H2,1-3H3,(H,19,21)/t13-,16+/m0/s1. The molecule has 132 valence electrons. The second-order valence-corrected chi connectivity index (χ2v) is 7.13. The van der Waals surface area contributed by atoms with Crippen molar-refractivity contribution in [2.75, 3.05) is 31.6 Å². The normalized spacial score (nSPS) is 26.2. The number of urea groups is 1. The predicted molar refractivity (Wildman–Crippen MR) is 91.5 cm³/mol. The molecule has 0 unspecified atom stereocenters. The van der Waals surface area contributed by atoms with Gasteiger partial charge >= 0.3 is 6.03 Å². The first-order chi connectivity index (χ1) is 11.4. The summed E-state index contributed by atoms with van der Waals surface area (Å²) in [6, 6.07) is 7.37. The summed E-state index contributed by atoms with van der Waals surface area (Å²) in [5.74, 6) is 0.796. The van der Waals surface area contributed by atoms with Crippen LogP contribution >= 0.6 is 0 Å². The van der Waals surface area contributed by atoms with Crippen LogP contribution in [0.2, 0.25) is 0 Å². The summed E-state index contributed by atoms with van der Waals surface area (Å²) in [5.41, 5.74) is 0.433. The van der Waals surface area contributed by atoms with Crippen LogP contribution in [0.4, 0.5) is 10.5 Å². The molecule has 0 aromatic heterocycles. The van der Waals surface area contributed by atoms with Crippen molar-refractivity contribution in [3.63, 3.8) is 0 Å². The van der Waals surface area contributed by atoms with Gasteiger partial charge in [-0.2, -0.15) is 0 Å². The van der Waals surface area contributed by atoms with Crippen LogP contribution < -0.4 is 10.1 Å².